The number of amides is 1. The smallest absolute Gasteiger partial charge is 0.410 e. The van der Waals surface area contributed by atoms with Gasteiger partial charge in [0.2, 0.25) is 0 Å². The van der Waals surface area contributed by atoms with Gasteiger partial charge in [0, 0.05) is 18.0 Å². The molecule has 1 aliphatic heterocycles. The third-order valence-corrected chi connectivity index (χ3v) is 1.85. The SMILES string of the molecule is C[C@H](N=[N+]=[N-])OC(=O)N1CCCC1. The number of hydrogen-bond donors (Lipinski definition) is 0. The molecule has 72 valence electrons. The highest BCUT2D eigenvalue weighted by molar-refractivity contribution is 5.68. The molecule has 6 heteroatoms. The van der Waals surface area contributed by atoms with Crippen molar-refractivity contribution in [2.24, 2.45) is 5.11 Å². The van der Waals surface area contributed by atoms with Crippen LogP contribution in [0, 0.1) is 0 Å². The van der Waals surface area contributed by atoms with E-state index in [2.05, 4.69) is 10.0 Å². The van der Waals surface area contributed by atoms with Gasteiger partial charge in [-0.05, 0) is 30.4 Å². The average Bonchev–Trinajstić information content (AvgIpc) is 2.55. The quantitative estimate of drug-likeness (QED) is 0.373. The van der Waals surface area contributed by atoms with Crippen LogP contribution in [0.5, 0.6) is 0 Å². The second-order valence-electron chi connectivity index (χ2n) is 2.88. The second kappa shape index (κ2) is 4.57. The maximum Gasteiger partial charge on any atom is 0.410 e. The van der Waals surface area contributed by atoms with Crippen LogP contribution in [-0.2, 0) is 4.74 Å². The average molecular weight is 184 g/mol. The largest absolute Gasteiger partial charge is 0.440 e. The zero-order valence-corrected chi connectivity index (χ0v) is 7.51. The number of carbonyl (C=O) groups is 1. The Morgan fingerprint density at radius 1 is 1.62 bits per heavy atom. The first kappa shape index (κ1) is 9.67. The van der Waals surface area contributed by atoms with Gasteiger partial charge in [-0.3, -0.25) is 0 Å². The monoisotopic (exact) mass is 184 g/mol. The number of carbonyl (C=O) groups excluding carboxylic acids is 1. The van der Waals surface area contributed by atoms with Crippen molar-refractivity contribution >= 4 is 6.09 Å². The maximum absolute atomic E-state index is 11.3. The summed E-state index contributed by atoms with van der Waals surface area (Å²) in [6, 6.07) is 0. The lowest BCUT2D eigenvalue weighted by molar-refractivity contribution is 0.0791. The van der Waals surface area contributed by atoms with Gasteiger partial charge in [-0.15, -0.1) is 0 Å². The third kappa shape index (κ3) is 2.83. The van der Waals surface area contributed by atoms with E-state index in [-0.39, 0.29) is 0 Å². The standard InChI is InChI=1S/C7H12N4O2/c1-6(9-10-8)13-7(12)11-4-2-3-5-11/h6H,2-5H2,1H3/t6-/m1/s1. The van der Waals surface area contributed by atoms with Gasteiger partial charge < -0.3 is 9.64 Å². The summed E-state index contributed by atoms with van der Waals surface area (Å²) in [4.78, 5) is 15.4. The molecular weight excluding hydrogens is 172 g/mol. The van der Waals surface area contributed by atoms with E-state index in [1.165, 1.54) is 6.92 Å². The minimum absolute atomic E-state index is 0.391. The molecule has 0 aromatic heterocycles. The van der Waals surface area contributed by atoms with Crippen LogP contribution in [0.1, 0.15) is 19.8 Å². The molecule has 1 fully saturated rings. The molecule has 1 saturated heterocycles. The summed E-state index contributed by atoms with van der Waals surface area (Å²) in [7, 11) is 0. The van der Waals surface area contributed by atoms with Crippen LogP contribution in [0.25, 0.3) is 10.4 Å². The molecule has 6 nitrogen and oxygen atoms in total. The van der Waals surface area contributed by atoms with E-state index in [9.17, 15) is 4.79 Å². The van der Waals surface area contributed by atoms with Crippen LogP contribution in [0.4, 0.5) is 4.79 Å². The number of nitrogens with zero attached hydrogens (tertiary/aromatic N) is 4. The summed E-state index contributed by atoms with van der Waals surface area (Å²) < 4.78 is 4.84. The molecule has 0 aromatic carbocycles. The van der Waals surface area contributed by atoms with E-state index in [1.54, 1.807) is 4.90 Å². The molecule has 0 saturated carbocycles. The lowest BCUT2D eigenvalue weighted by Crippen LogP contribution is -2.30. The van der Waals surface area contributed by atoms with E-state index in [0.717, 1.165) is 25.9 Å². The lowest BCUT2D eigenvalue weighted by atomic mass is 10.4. The van der Waals surface area contributed by atoms with Gasteiger partial charge in [0.15, 0.2) is 6.23 Å². The number of ether oxygens (including phenoxy) is 1. The van der Waals surface area contributed by atoms with Crippen LogP contribution >= 0.6 is 0 Å². The summed E-state index contributed by atoms with van der Waals surface area (Å²) in [5.74, 6) is 0. The Hall–Kier alpha value is -1.42. The number of rotatable bonds is 2. The topological polar surface area (TPSA) is 78.3 Å². The molecule has 0 radical (unpaired) electrons. The Labute approximate surface area is 76.1 Å². The van der Waals surface area contributed by atoms with Crippen molar-refractivity contribution < 1.29 is 9.53 Å². The van der Waals surface area contributed by atoms with E-state index in [1.807, 2.05) is 0 Å². The Morgan fingerprint density at radius 2 is 2.23 bits per heavy atom. The van der Waals surface area contributed by atoms with Gasteiger partial charge in [0.25, 0.3) is 0 Å². The van der Waals surface area contributed by atoms with Crippen LogP contribution in [0.3, 0.4) is 0 Å². The molecule has 0 aromatic rings. The molecule has 1 rings (SSSR count). The molecule has 1 amide bonds. The Morgan fingerprint density at radius 3 is 2.77 bits per heavy atom. The number of hydrogen-bond acceptors (Lipinski definition) is 3. The van der Waals surface area contributed by atoms with Crippen LogP contribution < -0.4 is 0 Å². The molecule has 0 N–H and O–H groups in total. The minimum Gasteiger partial charge on any atom is -0.440 e. The van der Waals surface area contributed by atoms with Crippen molar-refractivity contribution in [1.82, 2.24) is 4.90 Å². The van der Waals surface area contributed by atoms with Gasteiger partial charge in [-0.1, -0.05) is 0 Å². The van der Waals surface area contributed by atoms with Crippen molar-refractivity contribution in [2.45, 2.75) is 26.0 Å². The van der Waals surface area contributed by atoms with Gasteiger partial charge in [-0.25, -0.2) is 4.79 Å². The molecule has 0 aliphatic carbocycles. The molecule has 1 atom stereocenters. The highest BCUT2D eigenvalue weighted by Gasteiger charge is 2.20. The van der Waals surface area contributed by atoms with Crippen LogP contribution in [0.2, 0.25) is 0 Å². The molecule has 0 unspecified atom stereocenters. The van der Waals surface area contributed by atoms with E-state index >= 15 is 0 Å². The Kier molecular flexibility index (Phi) is 3.40. The van der Waals surface area contributed by atoms with Crippen LogP contribution in [0.15, 0.2) is 5.11 Å². The first-order valence-electron chi connectivity index (χ1n) is 4.24. The van der Waals surface area contributed by atoms with Crippen molar-refractivity contribution in [3.8, 4) is 0 Å². The van der Waals surface area contributed by atoms with Gasteiger partial charge in [0.05, 0.1) is 0 Å². The van der Waals surface area contributed by atoms with Crippen molar-refractivity contribution in [3.63, 3.8) is 0 Å². The van der Waals surface area contributed by atoms with Crippen LogP contribution in [-0.4, -0.2) is 30.3 Å². The minimum atomic E-state index is -0.724. The van der Waals surface area contributed by atoms with Crippen molar-refractivity contribution in [2.75, 3.05) is 13.1 Å². The lowest BCUT2D eigenvalue weighted by Gasteiger charge is -2.16. The Bertz CT molecular complexity index is 231. The van der Waals surface area contributed by atoms with Crippen molar-refractivity contribution in [1.29, 1.82) is 0 Å². The van der Waals surface area contributed by atoms with Gasteiger partial charge >= 0.3 is 6.09 Å². The zero-order valence-electron chi connectivity index (χ0n) is 7.51. The fourth-order valence-electron chi connectivity index (χ4n) is 1.22. The van der Waals surface area contributed by atoms with Gasteiger partial charge in [0.1, 0.15) is 0 Å². The summed E-state index contributed by atoms with van der Waals surface area (Å²) >= 11 is 0. The first-order chi connectivity index (χ1) is 6.24. The maximum atomic E-state index is 11.3. The summed E-state index contributed by atoms with van der Waals surface area (Å²) in [5, 5.41) is 3.25. The molecular formula is C7H12N4O2. The predicted octanol–water partition coefficient (Wildman–Crippen LogP) is 1.88. The Balaban J connectivity index is 2.35. The van der Waals surface area contributed by atoms with E-state index < -0.39 is 12.3 Å². The normalized spacial score (nSPS) is 17.8. The fourth-order valence-corrected chi connectivity index (χ4v) is 1.22. The third-order valence-electron chi connectivity index (χ3n) is 1.85. The van der Waals surface area contributed by atoms with Gasteiger partial charge in [-0.2, -0.15) is 0 Å². The molecule has 1 heterocycles. The zero-order chi connectivity index (χ0) is 9.68. The molecule has 1 aliphatic rings. The predicted molar refractivity (Wildman–Crippen MR) is 45.9 cm³/mol. The van der Waals surface area contributed by atoms with E-state index in [0.29, 0.717) is 0 Å². The first-order valence-corrected chi connectivity index (χ1v) is 4.24. The van der Waals surface area contributed by atoms with Crippen molar-refractivity contribution in [3.05, 3.63) is 10.4 Å². The van der Waals surface area contributed by atoms with E-state index in [4.69, 9.17) is 10.3 Å². The fraction of sp³-hybridized carbons (Fsp3) is 0.857. The highest BCUT2D eigenvalue weighted by atomic mass is 16.6. The number of azide groups is 1. The second-order valence-corrected chi connectivity index (χ2v) is 2.88. The molecule has 13 heavy (non-hydrogen) atoms. The highest BCUT2D eigenvalue weighted by Crippen LogP contribution is 2.10. The molecule has 0 bridgehead atoms. The molecule has 0 spiro atoms. The summed E-state index contributed by atoms with van der Waals surface area (Å²) in [5.41, 5.74) is 8.07. The summed E-state index contributed by atoms with van der Waals surface area (Å²) in [6.45, 7) is 3.01. The summed E-state index contributed by atoms with van der Waals surface area (Å²) in [6.07, 6.45) is 0.922. The number of likely N-dealkylation sites (tertiary alicyclic amines) is 1.